The summed E-state index contributed by atoms with van der Waals surface area (Å²) in [6.45, 7) is 5.17. The molecule has 2 aliphatic carbocycles. The molecule has 15 heteroatoms. The van der Waals surface area contributed by atoms with Gasteiger partial charge in [0.05, 0.1) is 30.1 Å². The molecule has 4 aliphatic rings. The molecule has 3 fully saturated rings. The monoisotopic (exact) mass is 787 g/mol. The average molecular weight is 788 g/mol. The van der Waals surface area contributed by atoms with Crippen molar-refractivity contribution >= 4 is 44.7 Å². The van der Waals surface area contributed by atoms with Crippen molar-refractivity contribution in [1.82, 2.24) is 25.2 Å². The highest BCUT2D eigenvalue weighted by molar-refractivity contribution is 7.91. The van der Waals surface area contributed by atoms with E-state index in [1.165, 1.54) is 4.90 Å². The molecule has 2 aromatic carbocycles. The zero-order valence-electron chi connectivity index (χ0n) is 32.1. The van der Waals surface area contributed by atoms with Crippen LogP contribution >= 0.6 is 0 Å². The van der Waals surface area contributed by atoms with Crippen molar-refractivity contribution in [3.63, 3.8) is 0 Å². The maximum absolute atomic E-state index is 14.6. The summed E-state index contributed by atoms with van der Waals surface area (Å²) in [6.07, 6.45) is 5.69. The Hall–Kier alpha value is -5.18. The van der Waals surface area contributed by atoms with Crippen LogP contribution in [0.25, 0.3) is 22.2 Å². The number of alkyl carbamates (subject to hydrolysis) is 1. The average Bonchev–Trinajstić information content (AvgIpc) is 4.08. The van der Waals surface area contributed by atoms with Crippen LogP contribution in [0.3, 0.4) is 0 Å². The molecule has 3 aromatic rings. The van der Waals surface area contributed by atoms with Gasteiger partial charge in [-0.25, -0.2) is 18.2 Å². The Morgan fingerprint density at radius 1 is 1.02 bits per heavy atom. The van der Waals surface area contributed by atoms with E-state index in [0.717, 1.165) is 5.56 Å². The number of nitrogens with zero attached hydrogens (tertiary/aromatic N) is 2. The molecule has 0 bridgehead atoms. The first-order valence-corrected chi connectivity index (χ1v) is 20.8. The fourth-order valence-corrected chi connectivity index (χ4v) is 8.82. The van der Waals surface area contributed by atoms with Gasteiger partial charge in [0, 0.05) is 35.4 Å². The van der Waals surface area contributed by atoms with Gasteiger partial charge in [-0.1, -0.05) is 48.9 Å². The van der Waals surface area contributed by atoms with Crippen molar-refractivity contribution < 1.29 is 41.8 Å². The van der Waals surface area contributed by atoms with Crippen LogP contribution in [0.4, 0.5) is 4.79 Å². The number of fused-ring (bicyclic) bond motifs is 3. The maximum Gasteiger partial charge on any atom is 0.408 e. The molecular formula is C41H49N5O9S. The van der Waals surface area contributed by atoms with Crippen molar-refractivity contribution in [2.24, 2.45) is 5.92 Å². The van der Waals surface area contributed by atoms with E-state index >= 15 is 0 Å². The van der Waals surface area contributed by atoms with Gasteiger partial charge in [-0.05, 0) is 71.4 Å². The summed E-state index contributed by atoms with van der Waals surface area (Å²) in [5, 5.41) is 5.70. The Morgan fingerprint density at radius 2 is 1.79 bits per heavy atom. The third-order valence-electron chi connectivity index (χ3n) is 10.6. The van der Waals surface area contributed by atoms with Crippen LogP contribution in [0.1, 0.15) is 72.1 Å². The zero-order chi connectivity index (χ0) is 39.8. The minimum absolute atomic E-state index is 0.0113. The van der Waals surface area contributed by atoms with Gasteiger partial charge in [0.25, 0.3) is 5.91 Å². The highest BCUT2D eigenvalue weighted by atomic mass is 32.2. The summed E-state index contributed by atoms with van der Waals surface area (Å²) in [5.74, 6) is -1.25. The molecule has 3 heterocycles. The molecule has 298 valence electrons. The number of hydrogen-bond donors (Lipinski definition) is 3. The number of carbonyl (C=O) groups excluding carboxylic acids is 4. The van der Waals surface area contributed by atoms with E-state index < -0.39 is 74.3 Å². The van der Waals surface area contributed by atoms with Gasteiger partial charge in [0.15, 0.2) is 0 Å². The maximum atomic E-state index is 14.6. The number of allylic oxidation sites excluding steroid dienone is 1. The molecule has 0 radical (unpaired) electrons. The van der Waals surface area contributed by atoms with E-state index in [1.807, 2.05) is 60.7 Å². The SMILES string of the molecule is COc1ccc2c(O[C@@H]3C[C@H]4C(=O)N[C@]5(C(=O)NS(=O)(=O)C6CC6)CC5/C=C\CCCC[C@H](NC(=O)OC(C)(C)C)C(=O)N4C3)cc(-c3ccccc3)nc2c1. The molecule has 56 heavy (non-hydrogen) atoms. The Kier molecular flexibility index (Phi) is 10.7. The predicted molar refractivity (Wildman–Crippen MR) is 208 cm³/mol. The fourth-order valence-electron chi connectivity index (χ4n) is 7.46. The van der Waals surface area contributed by atoms with E-state index in [1.54, 1.807) is 33.9 Å². The number of nitrogens with one attached hydrogen (secondary N) is 3. The first kappa shape index (κ1) is 39.1. The molecule has 1 saturated heterocycles. The fraction of sp³-hybridized carbons (Fsp3) is 0.488. The summed E-state index contributed by atoms with van der Waals surface area (Å²) in [6, 6.07) is 14.8. The second kappa shape index (κ2) is 15.4. The van der Waals surface area contributed by atoms with Crippen LogP contribution < -0.4 is 24.8 Å². The third-order valence-corrected chi connectivity index (χ3v) is 12.4. The number of benzene rings is 2. The predicted octanol–water partition coefficient (Wildman–Crippen LogP) is 4.77. The molecule has 4 amide bonds. The molecule has 5 atom stereocenters. The number of methoxy groups -OCH3 is 1. The van der Waals surface area contributed by atoms with E-state index in [9.17, 15) is 27.6 Å². The summed E-state index contributed by atoms with van der Waals surface area (Å²) < 4.78 is 45.6. The summed E-state index contributed by atoms with van der Waals surface area (Å²) in [5.41, 5.74) is -0.193. The second-order valence-electron chi connectivity index (χ2n) is 16.1. The largest absolute Gasteiger partial charge is 0.497 e. The van der Waals surface area contributed by atoms with Crippen LogP contribution in [0.15, 0.2) is 66.7 Å². The number of amides is 4. The highest BCUT2D eigenvalue weighted by Crippen LogP contribution is 2.46. The van der Waals surface area contributed by atoms with Crippen molar-refractivity contribution in [3.05, 3.63) is 66.7 Å². The number of aromatic nitrogens is 1. The van der Waals surface area contributed by atoms with Gasteiger partial charge in [-0.2, -0.15) is 0 Å². The summed E-state index contributed by atoms with van der Waals surface area (Å²) in [4.78, 5) is 62.1. The quantitative estimate of drug-likeness (QED) is 0.269. The van der Waals surface area contributed by atoms with Gasteiger partial charge in [-0.3, -0.25) is 19.1 Å². The minimum atomic E-state index is -3.90. The molecule has 7 rings (SSSR count). The normalized spacial score (nSPS) is 26.2. The lowest BCUT2D eigenvalue weighted by Crippen LogP contribution is -2.58. The molecule has 1 unspecified atom stereocenters. The number of sulfonamides is 1. The van der Waals surface area contributed by atoms with Crippen LogP contribution in [-0.4, -0.2) is 90.3 Å². The van der Waals surface area contributed by atoms with Crippen LogP contribution in [0.2, 0.25) is 0 Å². The number of ether oxygens (including phenoxy) is 3. The second-order valence-corrected chi connectivity index (χ2v) is 18.1. The van der Waals surface area contributed by atoms with Crippen molar-refractivity contribution in [2.45, 2.75) is 107 Å². The van der Waals surface area contributed by atoms with Crippen molar-refractivity contribution in [2.75, 3.05) is 13.7 Å². The molecule has 14 nitrogen and oxygen atoms in total. The van der Waals surface area contributed by atoms with Gasteiger partial charge < -0.3 is 29.7 Å². The van der Waals surface area contributed by atoms with Gasteiger partial charge >= 0.3 is 6.09 Å². The number of carbonyl (C=O) groups is 4. The van der Waals surface area contributed by atoms with Crippen LogP contribution in [0, 0.1) is 5.92 Å². The highest BCUT2D eigenvalue weighted by Gasteiger charge is 2.62. The van der Waals surface area contributed by atoms with Crippen LogP contribution in [-0.2, 0) is 29.1 Å². The first-order valence-electron chi connectivity index (χ1n) is 19.2. The molecule has 2 aliphatic heterocycles. The number of rotatable bonds is 8. The van der Waals surface area contributed by atoms with Crippen molar-refractivity contribution in [1.29, 1.82) is 0 Å². The van der Waals surface area contributed by atoms with E-state index in [2.05, 4.69) is 15.4 Å². The summed E-state index contributed by atoms with van der Waals surface area (Å²) >= 11 is 0. The van der Waals surface area contributed by atoms with Gasteiger partial charge in [0.2, 0.25) is 21.8 Å². The lowest BCUT2D eigenvalue weighted by Gasteiger charge is -2.30. The molecular weight excluding hydrogens is 739 g/mol. The first-order chi connectivity index (χ1) is 26.7. The van der Waals surface area contributed by atoms with Gasteiger partial charge in [-0.15, -0.1) is 0 Å². The Morgan fingerprint density at radius 3 is 2.50 bits per heavy atom. The van der Waals surface area contributed by atoms with Crippen molar-refractivity contribution in [3.8, 4) is 22.8 Å². The summed E-state index contributed by atoms with van der Waals surface area (Å²) in [7, 11) is -2.32. The Labute approximate surface area is 326 Å². The van der Waals surface area contributed by atoms with Gasteiger partial charge in [0.1, 0.15) is 40.8 Å². The molecule has 0 spiro atoms. The Balaban J connectivity index is 1.22. The van der Waals surface area contributed by atoms with E-state index in [4.69, 9.17) is 19.2 Å². The minimum Gasteiger partial charge on any atom is -0.497 e. The Bertz CT molecular complexity index is 2150. The standard InChI is InChI=1S/C41H49N5O9S/c1-40(2,3)55-39(50)43-31-15-11-6-5-10-14-26-23-41(26,38(49)45-56(51,52)29-17-18-29)44-36(47)34-21-28(24-46(34)37(31)48)54-35-22-32(25-12-8-7-9-13-25)42-33-20-27(53-4)16-19-30(33)35/h7-10,12-14,16,19-20,22,26,28-29,31,34H,5-6,11,15,17-18,21,23-24H2,1-4H3,(H,43,50)(H,44,47)(H,45,49)/b14-10-/t26?,28-,31+,34+,41-/m1/s1. The zero-order valence-corrected chi connectivity index (χ0v) is 32.9. The lowest BCUT2D eigenvalue weighted by molar-refractivity contribution is -0.141. The topological polar surface area (TPSA) is 182 Å². The third kappa shape index (κ3) is 8.62. The lowest BCUT2D eigenvalue weighted by atomic mass is 10.0. The van der Waals surface area contributed by atoms with Crippen LogP contribution in [0.5, 0.6) is 11.5 Å². The number of hydrogen-bond acceptors (Lipinski definition) is 10. The van der Waals surface area contributed by atoms with E-state index in [0.29, 0.717) is 66.6 Å². The molecule has 1 aromatic heterocycles. The smallest absolute Gasteiger partial charge is 0.408 e. The molecule has 2 saturated carbocycles. The van der Waals surface area contributed by atoms with E-state index in [-0.39, 0.29) is 19.4 Å². The molecule has 3 N–H and O–H groups in total. The number of pyridine rings is 1.